The van der Waals surface area contributed by atoms with Crippen LogP contribution in [0.15, 0.2) is 54.6 Å². The summed E-state index contributed by atoms with van der Waals surface area (Å²) in [5, 5.41) is 3.72. The zero-order valence-electron chi connectivity index (χ0n) is 18.8. The molecule has 0 aromatic heterocycles. The van der Waals surface area contributed by atoms with Crippen molar-refractivity contribution < 1.29 is 9.59 Å². The van der Waals surface area contributed by atoms with Crippen LogP contribution in [0.25, 0.3) is 0 Å². The van der Waals surface area contributed by atoms with Crippen molar-refractivity contribution in [3.05, 3.63) is 71.3 Å². The highest BCUT2D eigenvalue weighted by Gasteiger charge is 2.52. The molecule has 2 aliphatic rings. The van der Waals surface area contributed by atoms with Gasteiger partial charge in [0.05, 0.1) is 11.7 Å². The molecule has 2 aromatic rings. The van der Waals surface area contributed by atoms with E-state index in [0.29, 0.717) is 19.5 Å². The molecular formula is C26H33N3O2. The summed E-state index contributed by atoms with van der Waals surface area (Å²) in [5.41, 5.74) is 2.69. The Balaban J connectivity index is 1.50. The third-order valence-electron chi connectivity index (χ3n) is 6.93. The van der Waals surface area contributed by atoms with E-state index in [1.807, 2.05) is 54.3 Å². The maximum atomic E-state index is 13.4. The Morgan fingerprint density at radius 1 is 1.10 bits per heavy atom. The van der Waals surface area contributed by atoms with Gasteiger partial charge in [-0.2, -0.15) is 0 Å². The van der Waals surface area contributed by atoms with Gasteiger partial charge >= 0.3 is 0 Å². The summed E-state index contributed by atoms with van der Waals surface area (Å²) in [6.07, 6.45) is 3.12. The van der Waals surface area contributed by atoms with E-state index < -0.39 is 0 Å². The highest BCUT2D eigenvalue weighted by Crippen LogP contribution is 2.36. The van der Waals surface area contributed by atoms with Crippen molar-refractivity contribution in [1.82, 2.24) is 15.1 Å². The fourth-order valence-corrected chi connectivity index (χ4v) is 4.99. The molecule has 0 radical (unpaired) electrons. The maximum Gasteiger partial charge on any atom is 0.253 e. The smallest absolute Gasteiger partial charge is 0.253 e. The third-order valence-corrected chi connectivity index (χ3v) is 6.93. The molecule has 5 nitrogen and oxygen atoms in total. The van der Waals surface area contributed by atoms with E-state index in [0.717, 1.165) is 30.4 Å². The van der Waals surface area contributed by atoms with Crippen LogP contribution in [0.2, 0.25) is 0 Å². The minimum absolute atomic E-state index is 0.0788. The Labute approximate surface area is 185 Å². The molecule has 0 bridgehead atoms. The summed E-state index contributed by atoms with van der Waals surface area (Å²) in [4.78, 5) is 30.4. The summed E-state index contributed by atoms with van der Waals surface area (Å²) in [5.74, 6) is 0.270. The second-order valence-corrected chi connectivity index (χ2v) is 9.04. The van der Waals surface area contributed by atoms with E-state index in [-0.39, 0.29) is 29.6 Å². The molecule has 31 heavy (non-hydrogen) atoms. The third kappa shape index (κ3) is 4.24. The number of carbonyl (C=O) groups is 2. The molecular weight excluding hydrogens is 386 g/mol. The predicted molar refractivity (Wildman–Crippen MR) is 123 cm³/mol. The van der Waals surface area contributed by atoms with Gasteiger partial charge < -0.3 is 9.80 Å². The first-order valence-corrected chi connectivity index (χ1v) is 11.4. The van der Waals surface area contributed by atoms with E-state index in [1.165, 1.54) is 5.56 Å². The van der Waals surface area contributed by atoms with Gasteiger partial charge in [0.2, 0.25) is 5.91 Å². The fraction of sp³-hybridized carbons (Fsp3) is 0.462. The molecule has 2 aliphatic heterocycles. The second kappa shape index (κ2) is 8.83. The number of hydrogen-bond donors (Lipinski definition) is 1. The van der Waals surface area contributed by atoms with Crippen LogP contribution >= 0.6 is 0 Å². The van der Waals surface area contributed by atoms with Gasteiger partial charge in [0.25, 0.3) is 5.91 Å². The lowest BCUT2D eigenvalue weighted by Gasteiger charge is -2.46. The Morgan fingerprint density at radius 2 is 1.74 bits per heavy atom. The molecule has 2 heterocycles. The SMILES string of the molecule is CCC(C)N1C(=O)C(Cc2ccccc2)NC12CCN(C(=O)c1ccc(C)cc1)CC2. The number of carbonyl (C=O) groups excluding carboxylic acids is 2. The first kappa shape index (κ1) is 21.6. The van der Waals surface area contributed by atoms with E-state index in [1.54, 1.807) is 0 Å². The lowest BCUT2D eigenvalue weighted by Crippen LogP contribution is -2.61. The van der Waals surface area contributed by atoms with E-state index in [9.17, 15) is 9.59 Å². The van der Waals surface area contributed by atoms with Crippen LogP contribution in [0.5, 0.6) is 0 Å². The van der Waals surface area contributed by atoms with Crippen LogP contribution < -0.4 is 5.32 Å². The lowest BCUT2D eigenvalue weighted by molar-refractivity contribution is -0.136. The maximum absolute atomic E-state index is 13.4. The van der Waals surface area contributed by atoms with Crippen molar-refractivity contribution in [2.45, 2.75) is 64.2 Å². The van der Waals surface area contributed by atoms with Crippen molar-refractivity contribution in [2.24, 2.45) is 0 Å². The van der Waals surface area contributed by atoms with Crippen LogP contribution in [-0.4, -0.2) is 52.5 Å². The lowest BCUT2D eigenvalue weighted by atomic mass is 9.93. The molecule has 2 atom stereocenters. The van der Waals surface area contributed by atoms with Crippen LogP contribution in [0.4, 0.5) is 0 Å². The molecule has 1 N–H and O–H groups in total. The largest absolute Gasteiger partial charge is 0.338 e. The zero-order chi connectivity index (χ0) is 22.0. The van der Waals surface area contributed by atoms with Gasteiger partial charge in [-0.15, -0.1) is 0 Å². The van der Waals surface area contributed by atoms with Gasteiger partial charge in [0.15, 0.2) is 0 Å². The quantitative estimate of drug-likeness (QED) is 0.803. The summed E-state index contributed by atoms with van der Waals surface area (Å²) < 4.78 is 0. The Kier molecular flexibility index (Phi) is 6.15. The van der Waals surface area contributed by atoms with Gasteiger partial charge in [0, 0.05) is 37.5 Å². The summed E-state index contributed by atoms with van der Waals surface area (Å²) >= 11 is 0. The minimum atomic E-state index is -0.365. The number of nitrogens with one attached hydrogen (secondary N) is 1. The normalized spacial score (nSPS) is 21.5. The molecule has 0 saturated carbocycles. The topological polar surface area (TPSA) is 52.7 Å². The molecule has 2 amide bonds. The Bertz CT molecular complexity index is 917. The molecule has 164 valence electrons. The summed E-state index contributed by atoms with van der Waals surface area (Å²) in [6, 6.07) is 17.9. The van der Waals surface area contributed by atoms with Crippen LogP contribution in [0, 0.1) is 6.92 Å². The number of rotatable bonds is 5. The molecule has 2 aromatic carbocycles. The van der Waals surface area contributed by atoms with Crippen molar-refractivity contribution in [3.63, 3.8) is 0 Å². The number of amides is 2. The minimum Gasteiger partial charge on any atom is -0.338 e. The number of benzene rings is 2. The zero-order valence-corrected chi connectivity index (χ0v) is 18.8. The standard InChI is InChI=1S/C26H33N3O2/c1-4-20(3)29-25(31)23(18-21-8-6-5-7-9-21)27-26(29)14-16-28(17-15-26)24(30)22-12-10-19(2)11-13-22/h5-13,20,23,27H,4,14-18H2,1-3H3. The molecule has 2 unspecified atom stereocenters. The fourth-order valence-electron chi connectivity index (χ4n) is 4.99. The first-order chi connectivity index (χ1) is 14.9. The molecule has 2 saturated heterocycles. The highest BCUT2D eigenvalue weighted by molar-refractivity contribution is 5.94. The number of hydrogen-bond acceptors (Lipinski definition) is 3. The van der Waals surface area contributed by atoms with Crippen LogP contribution in [0.1, 0.15) is 54.6 Å². The van der Waals surface area contributed by atoms with E-state index in [4.69, 9.17) is 0 Å². The molecule has 5 heteroatoms. The van der Waals surface area contributed by atoms with Gasteiger partial charge in [-0.1, -0.05) is 55.0 Å². The average molecular weight is 420 g/mol. The molecule has 0 aliphatic carbocycles. The predicted octanol–water partition coefficient (Wildman–Crippen LogP) is 3.77. The highest BCUT2D eigenvalue weighted by atomic mass is 16.2. The summed E-state index contributed by atoms with van der Waals surface area (Å²) in [7, 11) is 0. The van der Waals surface area contributed by atoms with Gasteiger partial charge in [-0.3, -0.25) is 14.9 Å². The molecule has 4 rings (SSSR count). The number of nitrogens with zero attached hydrogens (tertiary/aromatic N) is 2. The summed E-state index contributed by atoms with van der Waals surface area (Å²) in [6.45, 7) is 7.59. The Morgan fingerprint density at radius 3 is 2.35 bits per heavy atom. The van der Waals surface area contributed by atoms with Crippen molar-refractivity contribution in [3.8, 4) is 0 Å². The number of piperidine rings is 1. The number of aryl methyl sites for hydroxylation is 1. The average Bonchev–Trinajstić information content (AvgIpc) is 3.05. The molecule has 1 spiro atoms. The van der Waals surface area contributed by atoms with Crippen molar-refractivity contribution in [2.75, 3.05) is 13.1 Å². The van der Waals surface area contributed by atoms with E-state index >= 15 is 0 Å². The van der Waals surface area contributed by atoms with Crippen molar-refractivity contribution in [1.29, 1.82) is 0 Å². The van der Waals surface area contributed by atoms with Crippen LogP contribution in [0.3, 0.4) is 0 Å². The first-order valence-electron chi connectivity index (χ1n) is 11.4. The second-order valence-electron chi connectivity index (χ2n) is 9.04. The monoisotopic (exact) mass is 419 g/mol. The van der Waals surface area contributed by atoms with Gasteiger partial charge in [-0.25, -0.2) is 0 Å². The van der Waals surface area contributed by atoms with Gasteiger partial charge in [0.1, 0.15) is 0 Å². The van der Waals surface area contributed by atoms with E-state index in [2.05, 4.69) is 36.2 Å². The van der Waals surface area contributed by atoms with Crippen molar-refractivity contribution >= 4 is 11.8 Å². The Hall–Kier alpha value is -2.66. The van der Waals surface area contributed by atoms with Gasteiger partial charge in [-0.05, 0) is 44.4 Å². The van der Waals surface area contributed by atoms with Crippen LogP contribution in [-0.2, 0) is 11.2 Å². The molecule has 2 fully saturated rings. The number of likely N-dealkylation sites (tertiary alicyclic amines) is 1.